The van der Waals surface area contributed by atoms with E-state index < -0.39 is 0 Å². The lowest BCUT2D eigenvalue weighted by Crippen LogP contribution is -1.97. The molecule has 2 rings (SSSR count). The lowest BCUT2D eigenvalue weighted by atomic mass is 10.2. The molecule has 0 saturated heterocycles. The highest BCUT2D eigenvalue weighted by Gasteiger charge is 2.04. The molecule has 0 aliphatic carbocycles. The third-order valence-corrected chi connectivity index (χ3v) is 3.40. The van der Waals surface area contributed by atoms with E-state index in [1.165, 1.54) is 6.07 Å². The summed E-state index contributed by atoms with van der Waals surface area (Å²) in [6.07, 6.45) is 0. The van der Waals surface area contributed by atoms with E-state index in [-0.39, 0.29) is 5.82 Å². The van der Waals surface area contributed by atoms with Crippen molar-refractivity contribution in [1.82, 2.24) is 0 Å². The normalized spacial score (nSPS) is 10.4. The van der Waals surface area contributed by atoms with Gasteiger partial charge in [0.1, 0.15) is 18.2 Å². The first-order valence-corrected chi connectivity index (χ1v) is 6.56. The van der Waals surface area contributed by atoms with E-state index >= 15 is 0 Å². The predicted octanol–water partition coefficient (Wildman–Crippen LogP) is 5.13. The minimum atomic E-state index is -0.269. The van der Waals surface area contributed by atoms with E-state index in [0.717, 1.165) is 10.0 Å². The van der Waals surface area contributed by atoms with Crippen LogP contribution in [0.2, 0.25) is 5.02 Å². The summed E-state index contributed by atoms with van der Waals surface area (Å²) >= 11 is 9.40. The van der Waals surface area contributed by atoms with Crippen LogP contribution in [0, 0.1) is 12.7 Å². The average molecular weight is 330 g/mol. The molecule has 2 aromatic carbocycles. The number of hydrogen-bond acceptors (Lipinski definition) is 1. The van der Waals surface area contributed by atoms with Crippen molar-refractivity contribution in [2.75, 3.05) is 0 Å². The quantitative estimate of drug-likeness (QED) is 0.758. The van der Waals surface area contributed by atoms with Gasteiger partial charge in [-0.3, -0.25) is 0 Å². The predicted molar refractivity (Wildman–Crippen MR) is 74.6 cm³/mol. The molecule has 0 radical (unpaired) electrons. The van der Waals surface area contributed by atoms with Crippen molar-refractivity contribution >= 4 is 27.5 Å². The first-order valence-electron chi connectivity index (χ1n) is 5.39. The van der Waals surface area contributed by atoms with Crippen LogP contribution in [0.5, 0.6) is 5.75 Å². The van der Waals surface area contributed by atoms with Gasteiger partial charge >= 0.3 is 0 Å². The van der Waals surface area contributed by atoms with Gasteiger partial charge in [0.25, 0.3) is 0 Å². The van der Waals surface area contributed by atoms with Crippen molar-refractivity contribution in [2.24, 2.45) is 0 Å². The van der Waals surface area contributed by atoms with Crippen LogP contribution in [0.3, 0.4) is 0 Å². The second kappa shape index (κ2) is 5.72. The Labute approximate surface area is 119 Å². The fourth-order valence-corrected chi connectivity index (χ4v) is 2.19. The molecule has 94 valence electrons. The molecule has 0 amide bonds. The number of rotatable bonds is 3. The summed E-state index contributed by atoms with van der Waals surface area (Å²) < 4.78 is 19.7. The Kier molecular flexibility index (Phi) is 4.25. The summed E-state index contributed by atoms with van der Waals surface area (Å²) in [6.45, 7) is 2.03. The molecule has 2 aromatic rings. The van der Waals surface area contributed by atoms with E-state index in [4.69, 9.17) is 16.3 Å². The van der Waals surface area contributed by atoms with Crippen molar-refractivity contribution in [1.29, 1.82) is 0 Å². The van der Waals surface area contributed by atoms with E-state index in [0.29, 0.717) is 22.9 Å². The van der Waals surface area contributed by atoms with Gasteiger partial charge in [0.05, 0.1) is 0 Å². The smallest absolute Gasteiger partial charge is 0.129 e. The van der Waals surface area contributed by atoms with Crippen molar-refractivity contribution in [2.45, 2.75) is 13.5 Å². The highest BCUT2D eigenvalue weighted by atomic mass is 79.9. The maximum atomic E-state index is 13.3. The Morgan fingerprint density at radius 3 is 2.67 bits per heavy atom. The molecular weight excluding hydrogens is 319 g/mol. The number of ether oxygens (including phenoxy) is 1. The molecular formula is C14H11BrClFO. The third-order valence-electron chi connectivity index (χ3n) is 2.55. The molecule has 0 aromatic heterocycles. The van der Waals surface area contributed by atoms with Gasteiger partial charge in [-0.2, -0.15) is 0 Å². The topological polar surface area (TPSA) is 9.23 Å². The second-order valence-corrected chi connectivity index (χ2v) is 5.26. The second-order valence-electron chi connectivity index (χ2n) is 3.94. The molecule has 0 N–H and O–H groups in total. The standard InChI is InChI=1S/C14H11BrClFO/c1-9-2-5-12(7-14(9)17)18-8-10-3-4-11(15)6-13(10)16/h2-7H,8H2,1H3. The van der Waals surface area contributed by atoms with Crippen molar-refractivity contribution in [3.05, 3.63) is 62.8 Å². The fourth-order valence-electron chi connectivity index (χ4n) is 1.46. The lowest BCUT2D eigenvalue weighted by molar-refractivity contribution is 0.304. The van der Waals surface area contributed by atoms with Gasteiger partial charge < -0.3 is 4.74 Å². The molecule has 18 heavy (non-hydrogen) atoms. The molecule has 0 heterocycles. The van der Waals surface area contributed by atoms with Gasteiger partial charge in [-0.15, -0.1) is 0 Å². The summed E-state index contributed by atoms with van der Waals surface area (Å²) in [6, 6.07) is 10.4. The highest BCUT2D eigenvalue weighted by molar-refractivity contribution is 9.10. The fraction of sp³-hybridized carbons (Fsp3) is 0.143. The van der Waals surface area contributed by atoms with Crippen molar-refractivity contribution in [3.8, 4) is 5.75 Å². The van der Waals surface area contributed by atoms with Crippen LogP contribution >= 0.6 is 27.5 Å². The maximum absolute atomic E-state index is 13.3. The monoisotopic (exact) mass is 328 g/mol. The van der Waals surface area contributed by atoms with Crippen LogP contribution in [0.4, 0.5) is 4.39 Å². The number of benzene rings is 2. The zero-order chi connectivity index (χ0) is 13.1. The SMILES string of the molecule is Cc1ccc(OCc2ccc(Br)cc2Cl)cc1F. The van der Waals surface area contributed by atoms with Gasteiger partial charge in [-0.1, -0.05) is 39.7 Å². The van der Waals surface area contributed by atoms with E-state index in [2.05, 4.69) is 15.9 Å². The first-order chi connectivity index (χ1) is 8.56. The zero-order valence-corrected chi connectivity index (χ0v) is 12.1. The largest absolute Gasteiger partial charge is 0.489 e. The first kappa shape index (κ1) is 13.4. The Morgan fingerprint density at radius 2 is 2.00 bits per heavy atom. The van der Waals surface area contributed by atoms with E-state index in [9.17, 15) is 4.39 Å². The highest BCUT2D eigenvalue weighted by Crippen LogP contribution is 2.23. The molecule has 0 atom stereocenters. The van der Waals surface area contributed by atoms with Crippen LogP contribution in [0.15, 0.2) is 40.9 Å². The lowest BCUT2D eigenvalue weighted by Gasteiger charge is -2.08. The molecule has 1 nitrogen and oxygen atoms in total. The van der Waals surface area contributed by atoms with E-state index in [1.807, 2.05) is 12.1 Å². The Balaban J connectivity index is 2.09. The molecule has 0 aliphatic rings. The number of hydrogen-bond donors (Lipinski definition) is 0. The van der Waals surface area contributed by atoms with Gasteiger partial charge in [-0.05, 0) is 30.7 Å². The van der Waals surface area contributed by atoms with Crippen molar-refractivity contribution in [3.63, 3.8) is 0 Å². The van der Waals surface area contributed by atoms with Crippen LogP contribution < -0.4 is 4.74 Å². The Hall–Kier alpha value is -1.06. The minimum absolute atomic E-state index is 0.269. The van der Waals surface area contributed by atoms with E-state index in [1.54, 1.807) is 25.1 Å². The molecule has 0 fully saturated rings. The summed E-state index contributed by atoms with van der Waals surface area (Å²) in [7, 11) is 0. The summed E-state index contributed by atoms with van der Waals surface area (Å²) in [5, 5.41) is 0.622. The Bertz CT molecular complexity index is 572. The average Bonchev–Trinajstić information content (AvgIpc) is 2.32. The summed E-state index contributed by atoms with van der Waals surface area (Å²) in [4.78, 5) is 0. The molecule has 0 unspecified atom stereocenters. The number of aryl methyl sites for hydroxylation is 1. The molecule has 0 aliphatic heterocycles. The maximum Gasteiger partial charge on any atom is 0.129 e. The summed E-state index contributed by atoms with van der Waals surface area (Å²) in [5.74, 6) is 0.228. The Morgan fingerprint density at radius 1 is 1.22 bits per heavy atom. The molecule has 0 spiro atoms. The van der Waals surface area contributed by atoms with Crippen molar-refractivity contribution < 1.29 is 9.13 Å². The van der Waals surface area contributed by atoms with Crippen LogP contribution in [0.1, 0.15) is 11.1 Å². The van der Waals surface area contributed by atoms with Gasteiger partial charge in [0.2, 0.25) is 0 Å². The van der Waals surface area contributed by atoms with Crippen LogP contribution in [-0.4, -0.2) is 0 Å². The minimum Gasteiger partial charge on any atom is -0.489 e. The zero-order valence-electron chi connectivity index (χ0n) is 9.71. The molecule has 0 bridgehead atoms. The van der Waals surface area contributed by atoms with Gasteiger partial charge in [0.15, 0.2) is 0 Å². The van der Waals surface area contributed by atoms with Gasteiger partial charge in [0, 0.05) is 21.1 Å². The number of halogens is 3. The van der Waals surface area contributed by atoms with Crippen LogP contribution in [0.25, 0.3) is 0 Å². The van der Waals surface area contributed by atoms with Crippen LogP contribution in [-0.2, 0) is 6.61 Å². The molecule has 0 saturated carbocycles. The summed E-state index contributed by atoms with van der Waals surface area (Å²) in [5.41, 5.74) is 1.46. The van der Waals surface area contributed by atoms with Gasteiger partial charge in [-0.25, -0.2) is 4.39 Å². The molecule has 4 heteroatoms. The third kappa shape index (κ3) is 3.24.